The van der Waals surface area contributed by atoms with Crippen LogP contribution in [0.25, 0.3) is 0 Å². The highest BCUT2D eigenvalue weighted by Crippen LogP contribution is 2.23. The number of benzene rings is 1. The van der Waals surface area contributed by atoms with Crippen LogP contribution in [0.1, 0.15) is 11.3 Å². The van der Waals surface area contributed by atoms with Gasteiger partial charge >= 0.3 is 0 Å². The fourth-order valence-electron chi connectivity index (χ4n) is 1.36. The van der Waals surface area contributed by atoms with Crippen molar-refractivity contribution < 1.29 is 9.13 Å². The molecule has 2 N–H and O–H groups in total. The maximum absolute atomic E-state index is 13.5. The zero-order valence-electron chi connectivity index (χ0n) is 9.35. The minimum atomic E-state index is -0.383. The Balaban J connectivity index is 2.25. The first-order valence-electron chi connectivity index (χ1n) is 5.14. The summed E-state index contributed by atoms with van der Waals surface area (Å²) in [5, 5.41) is 0. The molecular weight excluding hydrogens is 221 g/mol. The van der Waals surface area contributed by atoms with Crippen LogP contribution in [0.15, 0.2) is 30.6 Å². The van der Waals surface area contributed by atoms with Crippen LogP contribution in [-0.2, 0) is 6.54 Å². The van der Waals surface area contributed by atoms with Gasteiger partial charge in [-0.05, 0) is 13.0 Å². The molecule has 0 saturated carbocycles. The van der Waals surface area contributed by atoms with Gasteiger partial charge in [-0.25, -0.2) is 9.37 Å². The summed E-state index contributed by atoms with van der Waals surface area (Å²) in [6.45, 7) is 1.93. The summed E-state index contributed by atoms with van der Waals surface area (Å²) in [6, 6.07) is 4.53. The lowest BCUT2D eigenvalue weighted by molar-refractivity contribution is 0.450. The molecule has 0 spiro atoms. The number of nitrogens with zero attached hydrogens (tertiary/aromatic N) is 2. The standard InChI is InChI=1S/C12H12FN3O/c1-8-12(16-5-4-15-8)17-10-3-2-9(7-14)11(13)6-10/h2-6H,7,14H2,1H3. The third-order valence-electron chi connectivity index (χ3n) is 2.30. The smallest absolute Gasteiger partial charge is 0.240 e. The predicted molar refractivity (Wildman–Crippen MR) is 61.1 cm³/mol. The van der Waals surface area contributed by atoms with E-state index in [2.05, 4.69) is 9.97 Å². The van der Waals surface area contributed by atoms with E-state index in [0.29, 0.717) is 22.9 Å². The Hall–Kier alpha value is -2.01. The molecule has 88 valence electrons. The number of hydrogen-bond donors (Lipinski definition) is 1. The van der Waals surface area contributed by atoms with Crippen molar-refractivity contribution in [3.63, 3.8) is 0 Å². The van der Waals surface area contributed by atoms with Crippen LogP contribution < -0.4 is 10.5 Å². The van der Waals surface area contributed by atoms with Crippen LogP contribution >= 0.6 is 0 Å². The molecule has 0 radical (unpaired) electrons. The summed E-state index contributed by atoms with van der Waals surface area (Å²) in [5.74, 6) is 0.363. The second-order valence-electron chi connectivity index (χ2n) is 3.51. The van der Waals surface area contributed by atoms with Crippen LogP contribution in [0, 0.1) is 12.7 Å². The first-order chi connectivity index (χ1) is 8.20. The van der Waals surface area contributed by atoms with E-state index in [-0.39, 0.29) is 12.4 Å². The molecule has 0 amide bonds. The molecule has 5 heteroatoms. The lowest BCUT2D eigenvalue weighted by Gasteiger charge is -2.07. The van der Waals surface area contributed by atoms with Gasteiger partial charge in [0, 0.05) is 30.6 Å². The molecule has 0 atom stereocenters. The average molecular weight is 233 g/mol. The molecule has 1 aromatic carbocycles. The Morgan fingerprint density at radius 3 is 2.71 bits per heavy atom. The molecule has 1 heterocycles. The number of aromatic nitrogens is 2. The normalized spacial score (nSPS) is 10.3. The van der Waals surface area contributed by atoms with Crippen LogP contribution in [-0.4, -0.2) is 9.97 Å². The maximum atomic E-state index is 13.5. The molecule has 17 heavy (non-hydrogen) atoms. The molecule has 0 unspecified atom stereocenters. The Labute approximate surface area is 98.3 Å². The largest absolute Gasteiger partial charge is 0.437 e. The molecule has 2 aromatic rings. The van der Waals surface area contributed by atoms with Crippen molar-refractivity contribution in [1.82, 2.24) is 9.97 Å². The minimum Gasteiger partial charge on any atom is -0.437 e. The quantitative estimate of drug-likeness (QED) is 0.882. The van der Waals surface area contributed by atoms with Crippen LogP contribution in [0.4, 0.5) is 4.39 Å². The summed E-state index contributed by atoms with van der Waals surface area (Å²) < 4.78 is 18.9. The molecule has 4 nitrogen and oxygen atoms in total. The lowest BCUT2D eigenvalue weighted by atomic mass is 10.2. The van der Waals surface area contributed by atoms with E-state index in [4.69, 9.17) is 10.5 Å². The summed E-state index contributed by atoms with van der Waals surface area (Å²) in [7, 11) is 0. The molecule has 0 saturated heterocycles. The van der Waals surface area contributed by atoms with Crippen LogP contribution in [0.3, 0.4) is 0 Å². The van der Waals surface area contributed by atoms with Gasteiger partial charge in [-0.2, -0.15) is 0 Å². The van der Waals surface area contributed by atoms with Gasteiger partial charge in [0.2, 0.25) is 5.88 Å². The average Bonchev–Trinajstić information content (AvgIpc) is 2.32. The van der Waals surface area contributed by atoms with E-state index in [0.717, 1.165) is 0 Å². The fourth-order valence-corrected chi connectivity index (χ4v) is 1.36. The number of nitrogens with two attached hydrogens (primary N) is 1. The van der Waals surface area contributed by atoms with Crippen LogP contribution in [0.5, 0.6) is 11.6 Å². The molecule has 0 aliphatic carbocycles. The molecular formula is C12H12FN3O. The van der Waals surface area contributed by atoms with Crippen molar-refractivity contribution in [1.29, 1.82) is 0 Å². The molecule has 2 rings (SSSR count). The van der Waals surface area contributed by atoms with Crippen LogP contribution in [0.2, 0.25) is 0 Å². The third kappa shape index (κ3) is 2.57. The van der Waals surface area contributed by atoms with Gasteiger partial charge in [0.25, 0.3) is 0 Å². The number of halogens is 1. The summed E-state index contributed by atoms with van der Waals surface area (Å²) >= 11 is 0. The van der Waals surface area contributed by atoms with Gasteiger partial charge in [-0.3, -0.25) is 4.98 Å². The number of hydrogen-bond acceptors (Lipinski definition) is 4. The monoisotopic (exact) mass is 233 g/mol. The van der Waals surface area contributed by atoms with Crippen molar-refractivity contribution in [2.75, 3.05) is 0 Å². The highest BCUT2D eigenvalue weighted by atomic mass is 19.1. The SMILES string of the molecule is Cc1nccnc1Oc1ccc(CN)c(F)c1. The van der Waals surface area contributed by atoms with Crippen molar-refractivity contribution in [2.24, 2.45) is 5.73 Å². The van der Waals surface area contributed by atoms with E-state index in [1.165, 1.54) is 12.3 Å². The summed E-state index contributed by atoms with van der Waals surface area (Å²) in [4.78, 5) is 8.04. The minimum absolute atomic E-state index is 0.163. The van der Waals surface area contributed by atoms with Gasteiger partial charge in [-0.15, -0.1) is 0 Å². The highest BCUT2D eigenvalue weighted by Gasteiger charge is 2.06. The molecule has 0 fully saturated rings. The Kier molecular flexibility index (Phi) is 3.30. The van der Waals surface area contributed by atoms with Gasteiger partial charge in [0.05, 0.1) is 5.69 Å². The van der Waals surface area contributed by atoms with E-state index in [1.54, 1.807) is 25.3 Å². The first-order valence-corrected chi connectivity index (χ1v) is 5.14. The Morgan fingerprint density at radius 2 is 2.06 bits per heavy atom. The lowest BCUT2D eigenvalue weighted by Crippen LogP contribution is -2.00. The Bertz CT molecular complexity index is 531. The molecule has 0 aliphatic heterocycles. The van der Waals surface area contributed by atoms with E-state index >= 15 is 0 Å². The molecule has 1 aromatic heterocycles. The zero-order chi connectivity index (χ0) is 12.3. The number of rotatable bonds is 3. The molecule has 0 bridgehead atoms. The third-order valence-corrected chi connectivity index (χ3v) is 2.30. The topological polar surface area (TPSA) is 61.0 Å². The fraction of sp³-hybridized carbons (Fsp3) is 0.167. The van der Waals surface area contributed by atoms with E-state index < -0.39 is 0 Å². The molecule has 0 aliphatic rings. The van der Waals surface area contributed by atoms with Crippen molar-refractivity contribution in [2.45, 2.75) is 13.5 Å². The Morgan fingerprint density at radius 1 is 1.29 bits per heavy atom. The maximum Gasteiger partial charge on any atom is 0.240 e. The zero-order valence-corrected chi connectivity index (χ0v) is 9.35. The van der Waals surface area contributed by atoms with Gasteiger partial charge < -0.3 is 10.5 Å². The number of aryl methyl sites for hydroxylation is 1. The highest BCUT2D eigenvalue weighted by molar-refractivity contribution is 5.32. The van der Waals surface area contributed by atoms with Gasteiger partial charge in [0.15, 0.2) is 0 Å². The van der Waals surface area contributed by atoms with Crippen molar-refractivity contribution in [3.8, 4) is 11.6 Å². The van der Waals surface area contributed by atoms with Crippen molar-refractivity contribution in [3.05, 3.63) is 47.7 Å². The van der Waals surface area contributed by atoms with E-state index in [9.17, 15) is 4.39 Å². The predicted octanol–water partition coefficient (Wildman–Crippen LogP) is 2.18. The number of ether oxygens (including phenoxy) is 1. The van der Waals surface area contributed by atoms with E-state index in [1.807, 2.05) is 0 Å². The van der Waals surface area contributed by atoms with Gasteiger partial charge in [0.1, 0.15) is 11.6 Å². The summed E-state index contributed by atoms with van der Waals surface area (Å²) in [5.41, 5.74) is 6.48. The summed E-state index contributed by atoms with van der Waals surface area (Å²) in [6.07, 6.45) is 3.09. The van der Waals surface area contributed by atoms with Gasteiger partial charge in [-0.1, -0.05) is 6.07 Å². The second kappa shape index (κ2) is 4.88. The second-order valence-corrected chi connectivity index (χ2v) is 3.51. The van der Waals surface area contributed by atoms with Crippen molar-refractivity contribution >= 4 is 0 Å². The first kappa shape index (κ1) is 11.5.